The maximum Gasteiger partial charge on any atom is 0.123 e. The monoisotopic (exact) mass is 332 g/mol. The van der Waals surface area contributed by atoms with Gasteiger partial charge in [-0.2, -0.15) is 0 Å². The highest BCUT2D eigenvalue weighted by Gasteiger charge is 2.07. The number of benzene rings is 3. The molecule has 0 aliphatic carbocycles. The van der Waals surface area contributed by atoms with Crippen LogP contribution in [0.3, 0.4) is 0 Å². The Morgan fingerprint density at radius 2 is 1.08 bits per heavy atom. The molecule has 0 heterocycles. The Bertz CT molecular complexity index is 718. The second-order valence-corrected chi connectivity index (χ2v) is 6.44. The van der Waals surface area contributed by atoms with Crippen LogP contribution < -0.4 is 9.47 Å². The van der Waals surface area contributed by atoms with E-state index in [2.05, 4.69) is 50.2 Å². The van der Waals surface area contributed by atoms with Crippen LogP contribution in [-0.2, 0) is 13.2 Å². The summed E-state index contributed by atoms with van der Waals surface area (Å²) >= 11 is 0. The Morgan fingerprint density at radius 1 is 0.640 bits per heavy atom. The van der Waals surface area contributed by atoms with Crippen LogP contribution in [0.25, 0.3) is 0 Å². The molecule has 0 saturated carbocycles. The summed E-state index contributed by atoms with van der Waals surface area (Å²) in [4.78, 5) is 0. The highest BCUT2D eigenvalue weighted by molar-refractivity contribution is 5.40. The molecule has 2 heteroatoms. The highest BCUT2D eigenvalue weighted by Crippen LogP contribution is 2.28. The van der Waals surface area contributed by atoms with E-state index < -0.39 is 0 Å². The molecule has 0 bridgehead atoms. The van der Waals surface area contributed by atoms with Gasteiger partial charge in [0.2, 0.25) is 0 Å². The molecule has 0 saturated heterocycles. The molecule has 0 N–H and O–H groups in total. The standard InChI is InChI=1S/C23H24O2/c1-18(2)21-13-22(24-16-19-9-5-3-6-10-19)15-23(14-21)25-17-20-11-7-4-8-12-20/h3-15,18H,16-17H2,1-2H3. The molecular formula is C23H24O2. The molecular weight excluding hydrogens is 308 g/mol. The molecule has 0 spiro atoms. The van der Waals surface area contributed by atoms with Crippen molar-refractivity contribution in [2.45, 2.75) is 33.0 Å². The van der Waals surface area contributed by atoms with Gasteiger partial charge in [-0.15, -0.1) is 0 Å². The number of ether oxygens (including phenoxy) is 2. The fourth-order valence-electron chi connectivity index (χ4n) is 2.58. The average molecular weight is 332 g/mol. The van der Waals surface area contributed by atoms with Crippen LogP contribution >= 0.6 is 0 Å². The van der Waals surface area contributed by atoms with E-state index in [0.29, 0.717) is 19.1 Å². The molecule has 128 valence electrons. The topological polar surface area (TPSA) is 18.5 Å². The summed E-state index contributed by atoms with van der Waals surface area (Å²) in [6.45, 7) is 5.47. The van der Waals surface area contributed by atoms with Crippen molar-refractivity contribution in [2.24, 2.45) is 0 Å². The molecule has 3 rings (SSSR count). The summed E-state index contributed by atoms with van der Waals surface area (Å²) in [6, 6.07) is 26.6. The summed E-state index contributed by atoms with van der Waals surface area (Å²) in [6.07, 6.45) is 0. The van der Waals surface area contributed by atoms with Gasteiger partial charge in [0, 0.05) is 6.07 Å². The van der Waals surface area contributed by atoms with Gasteiger partial charge in [-0.25, -0.2) is 0 Å². The van der Waals surface area contributed by atoms with Crippen molar-refractivity contribution in [1.29, 1.82) is 0 Å². The van der Waals surface area contributed by atoms with Gasteiger partial charge in [0.15, 0.2) is 0 Å². The molecule has 0 fully saturated rings. The quantitative estimate of drug-likeness (QED) is 0.531. The smallest absolute Gasteiger partial charge is 0.123 e. The lowest BCUT2D eigenvalue weighted by molar-refractivity contribution is 0.289. The van der Waals surface area contributed by atoms with E-state index in [1.165, 1.54) is 5.56 Å². The van der Waals surface area contributed by atoms with Gasteiger partial charge in [-0.05, 0) is 34.7 Å². The van der Waals surface area contributed by atoms with E-state index in [1.54, 1.807) is 0 Å². The maximum atomic E-state index is 6.00. The van der Waals surface area contributed by atoms with Crippen LogP contribution in [0.5, 0.6) is 11.5 Å². The first kappa shape index (κ1) is 17.1. The van der Waals surface area contributed by atoms with E-state index in [-0.39, 0.29) is 0 Å². The van der Waals surface area contributed by atoms with Gasteiger partial charge in [0.25, 0.3) is 0 Å². The molecule has 3 aromatic rings. The van der Waals surface area contributed by atoms with E-state index in [4.69, 9.17) is 9.47 Å². The third-order valence-corrected chi connectivity index (χ3v) is 4.07. The summed E-state index contributed by atoms with van der Waals surface area (Å²) < 4.78 is 12.0. The van der Waals surface area contributed by atoms with E-state index >= 15 is 0 Å². The van der Waals surface area contributed by atoms with Crippen LogP contribution in [0, 0.1) is 0 Å². The number of rotatable bonds is 7. The largest absolute Gasteiger partial charge is 0.489 e. The van der Waals surface area contributed by atoms with Gasteiger partial charge >= 0.3 is 0 Å². The van der Waals surface area contributed by atoms with Crippen LogP contribution in [0.15, 0.2) is 78.9 Å². The molecule has 0 aliphatic rings. The second kappa shape index (κ2) is 8.39. The Hall–Kier alpha value is -2.74. The van der Waals surface area contributed by atoms with Crippen molar-refractivity contribution in [2.75, 3.05) is 0 Å². The van der Waals surface area contributed by atoms with Crippen LogP contribution in [0.4, 0.5) is 0 Å². The third kappa shape index (κ3) is 5.12. The predicted molar refractivity (Wildman–Crippen MR) is 102 cm³/mol. The second-order valence-electron chi connectivity index (χ2n) is 6.44. The molecule has 0 aromatic heterocycles. The summed E-state index contributed by atoms with van der Waals surface area (Å²) in [5.74, 6) is 2.11. The molecule has 0 aliphatic heterocycles. The maximum absolute atomic E-state index is 6.00. The third-order valence-electron chi connectivity index (χ3n) is 4.07. The fourth-order valence-corrected chi connectivity index (χ4v) is 2.58. The van der Waals surface area contributed by atoms with E-state index in [0.717, 1.165) is 22.6 Å². The summed E-state index contributed by atoms with van der Waals surface area (Å²) in [7, 11) is 0. The minimum absolute atomic E-state index is 0.416. The van der Waals surface area contributed by atoms with Gasteiger partial charge in [0.05, 0.1) is 0 Å². The van der Waals surface area contributed by atoms with Crippen molar-refractivity contribution in [3.63, 3.8) is 0 Å². The molecule has 0 unspecified atom stereocenters. The van der Waals surface area contributed by atoms with E-state index in [9.17, 15) is 0 Å². The van der Waals surface area contributed by atoms with Crippen molar-refractivity contribution < 1.29 is 9.47 Å². The Morgan fingerprint density at radius 3 is 1.48 bits per heavy atom. The zero-order chi connectivity index (χ0) is 17.5. The van der Waals surface area contributed by atoms with Crippen molar-refractivity contribution in [3.8, 4) is 11.5 Å². The molecule has 0 amide bonds. The molecule has 2 nitrogen and oxygen atoms in total. The lowest BCUT2D eigenvalue weighted by atomic mass is 10.0. The zero-order valence-corrected chi connectivity index (χ0v) is 14.8. The van der Waals surface area contributed by atoms with Crippen LogP contribution in [-0.4, -0.2) is 0 Å². The van der Waals surface area contributed by atoms with Crippen LogP contribution in [0.1, 0.15) is 36.5 Å². The lowest BCUT2D eigenvalue weighted by Crippen LogP contribution is -2.00. The van der Waals surface area contributed by atoms with E-state index in [1.807, 2.05) is 42.5 Å². The normalized spacial score (nSPS) is 10.7. The molecule has 25 heavy (non-hydrogen) atoms. The van der Waals surface area contributed by atoms with Crippen molar-refractivity contribution in [3.05, 3.63) is 95.6 Å². The minimum atomic E-state index is 0.416. The first-order valence-corrected chi connectivity index (χ1v) is 8.69. The Labute approximate surface area is 150 Å². The average Bonchev–Trinajstić information content (AvgIpc) is 2.66. The number of hydrogen-bond acceptors (Lipinski definition) is 2. The van der Waals surface area contributed by atoms with Gasteiger partial charge in [-0.1, -0.05) is 74.5 Å². The molecule has 3 aromatic carbocycles. The summed E-state index contributed by atoms with van der Waals surface area (Å²) in [5, 5.41) is 0. The van der Waals surface area contributed by atoms with Crippen molar-refractivity contribution in [1.82, 2.24) is 0 Å². The molecule has 0 radical (unpaired) electrons. The van der Waals surface area contributed by atoms with Gasteiger partial charge in [0.1, 0.15) is 24.7 Å². The van der Waals surface area contributed by atoms with Gasteiger partial charge in [-0.3, -0.25) is 0 Å². The summed E-state index contributed by atoms with van der Waals surface area (Å²) in [5.41, 5.74) is 3.53. The fraction of sp³-hybridized carbons (Fsp3) is 0.217. The first-order valence-electron chi connectivity index (χ1n) is 8.69. The Balaban J connectivity index is 1.72. The SMILES string of the molecule is CC(C)c1cc(OCc2ccccc2)cc(OCc2ccccc2)c1. The first-order chi connectivity index (χ1) is 12.2. The number of hydrogen-bond donors (Lipinski definition) is 0. The van der Waals surface area contributed by atoms with Gasteiger partial charge < -0.3 is 9.47 Å². The minimum Gasteiger partial charge on any atom is -0.489 e. The molecule has 0 atom stereocenters. The lowest BCUT2D eigenvalue weighted by Gasteiger charge is -2.14. The zero-order valence-electron chi connectivity index (χ0n) is 14.8. The predicted octanol–water partition coefficient (Wildman–Crippen LogP) is 5.97. The van der Waals surface area contributed by atoms with Crippen molar-refractivity contribution >= 4 is 0 Å². The Kier molecular flexibility index (Phi) is 5.73. The highest BCUT2D eigenvalue weighted by atomic mass is 16.5. The van der Waals surface area contributed by atoms with Crippen LogP contribution in [0.2, 0.25) is 0 Å².